The molecule has 0 atom stereocenters. The maximum atomic E-state index is 12.3. The Kier molecular flexibility index (Phi) is 4.66. The van der Waals surface area contributed by atoms with E-state index < -0.39 is 0 Å². The number of rotatable bonds is 3. The molecule has 0 radical (unpaired) electrons. The zero-order chi connectivity index (χ0) is 14.8. The quantitative estimate of drug-likeness (QED) is 0.733. The molecule has 1 aromatic carbocycles. The first-order chi connectivity index (χ1) is 10.1. The molecule has 1 aromatic heterocycles. The summed E-state index contributed by atoms with van der Waals surface area (Å²) >= 11 is 8.23. The van der Waals surface area contributed by atoms with Gasteiger partial charge >= 0.3 is 0 Å². The van der Waals surface area contributed by atoms with E-state index in [9.17, 15) is 4.79 Å². The van der Waals surface area contributed by atoms with Crippen LogP contribution in [0.1, 0.15) is 22.5 Å². The summed E-state index contributed by atoms with van der Waals surface area (Å²) in [4.78, 5) is 15.3. The molecule has 3 nitrogen and oxygen atoms in total. The summed E-state index contributed by atoms with van der Waals surface area (Å²) in [5.41, 5.74) is 2.02. The third-order valence-corrected chi connectivity index (χ3v) is 6.70. The van der Waals surface area contributed by atoms with Gasteiger partial charge in [0.15, 0.2) is 0 Å². The molecule has 1 N–H and O–H groups in total. The summed E-state index contributed by atoms with van der Waals surface area (Å²) < 4.78 is 1.84. The van der Waals surface area contributed by atoms with Crippen LogP contribution in [0.25, 0.3) is 0 Å². The van der Waals surface area contributed by atoms with Crippen molar-refractivity contribution in [3.63, 3.8) is 0 Å². The number of hydrogen-bond donors (Lipinski definition) is 1. The first-order valence-corrected chi connectivity index (χ1v) is 9.15. The number of anilines is 2. The molecule has 3 rings (SSSR count). The van der Waals surface area contributed by atoms with Gasteiger partial charge in [0.05, 0.1) is 8.66 Å². The molecule has 2 aromatic rings. The number of carbonyl (C=O) groups excluding carboxylic acids is 1. The molecule has 1 fully saturated rings. The molecule has 0 saturated carbocycles. The highest BCUT2D eigenvalue weighted by Crippen LogP contribution is 2.33. The van der Waals surface area contributed by atoms with Crippen LogP contribution < -0.4 is 10.2 Å². The highest BCUT2D eigenvalue weighted by Gasteiger charge is 2.15. The van der Waals surface area contributed by atoms with Crippen molar-refractivity contribution < 1.29 is 4.79 Å². The third-order valence-electron chi connectivity index (χ3n) is 3.44. The normalized spacial score (nSPS) is 14.5. The zero-order valence-electron chi connectivity index (χ0n) is 11.2. The second-order valence-corrected chi connectivity index (χ2v) is 8.16. The predicted molar refractivity (Wildman–Crippen MR) is 95.6 cm³/mol. The van der Waals surface area contributed by atoms with E-state index in [4.69, 9.17) is 0 Å². The molecule has 0 aliphatic carbocycles. The lowest BCUT2D eigenvalue weighted by molar-refractivity contribution is 0.103. The molecule has 0 bridgehead atoms. The molecule has 2 heterocycles. The van der Waals surface area contributed by atoms with Gasteiger partial charge in [-0.3, -0.25) is 4.79 Å². The van der Waals surface area contributed by atoms with Gasteiger partial charge in [0.25, 0.3) is 5.91 Å². The minimum atomic E-state index is -0.0787. The Hall–Kier alpha value is -0.850. The number of thiophene rings is 1. The highest BCUT2D eigenvalue weighted by atomic mass is 79.9. The summed E-state index contributed by atoms with van der Waals surface area (Å²) in [5, 5.41) is 2.97. The van der Waals surface area contributed by atoms with E-state index in [1.807, 2.05) is 24.3 Å². The molecular weight excluding hydrogens is 416 g/mol. The fraction of sp³-hybridized carbons (Fsp3) is 0.267. The molecule has 0 unspecified atom stereocenters. The summed E-state index contributed by atoms with van der Waals surface area (Å²) in [6, 6.07) is 9.88. The number of amides is 1. The molecule has 110 valence electrons. The van der Waals surface area contributed by atoms with Crippen molar-refractivity contribution in [1.82, 2.24) is 0 Å². The molecule has 1 aliphatic rings. The third kappa shape index (κ3) is 3.49. The Morgan fingerprint density at radius 3 is 2.62 bits per heavy atom. The molecular formula is C15H14Br2N2OS. The predicted octanol–water partition coefficient (Wildman–Crippen LogP) is 5.13. The van der Waals surface area contributed by atoms with Gasteiger partial charge in [0.2, 0.25) is 0 Å². The molecule has 1 aliphatic heterocycles. The van der Waals surface area contributed by atoms with E-state index >= 15 is 0 Å². The van der Waals surface area contributed by atoms with E-state index in [2.05, 4.69) is 48.1 Å². The topological polar surface area (TPSA) is 32.3 Å². The Bertz CT molecular complexity index is 646. The van der Waals surface area contributed by atoms with Crippen LogP contribution in [0.15, 0.2) is 38.6 Å². The second-order valence-electron chi connectivity index (χ2n) is 4.93. The lowest BCUT2D eigenvalue weighted by atomic mass is 10.2. The minimum absolute atomic E-state index is 0.0787. The number of nitrogens with one attached hydrogen (secondary N) is 1. The summed E-state index contributed by atoms with van der Waals surface area (Å²) in [5.74, 6) is -0.0787. The van der Waals surface area contributed by atoms with Gasteiger partial charge in [-0.2, -0.15) is 0 Å². The lowest BCUT2D eigenvalue weighted by Gasteiger charge is -2.18. The SMILES string of the molecule is O=C(Nc1cccc(N2CCCC2)c1)c1cc(Br)c(Br)s1. The van der Waals surface area contributed by atoms with Gasteiger partial charge in [-0.15, -0.1) is 11.3 Å². The van der Waals surface area contributed by atoms with Crippen LogP contribution in [0.2, 0.25) is 0 Å². The maximum Gasteiger partial charge on any atom is 0.265 e. The largest absolute Gasteiger partial charge is 0.371 e. The lowest BCUT2D eigenvalue weighted by Crippen LogP contribution is -2.18. The van der Waals surface area contributed by atoms with E-state index in [1.165, 1.54) is 29.9 Å². The Morgan fingerprint density at radius 1 is 1.19 bits per heavy atom. The Labute approximate surface area is 144 Å². The van der Waals surface area contributed by atoms with Crippen LogP contribution in [0.4, 0.5) is 11.4 Å². The van der Waals surface area contributed by atoms with Crippen molar-refractivity contribution in [3.05, 3.63) is 43.5 Å². The highest BCUT2D eigenvalue weighted by molar-refractivity contribution is 9.13. The molecule has 21 heavy (non-hydrogen) atoms. The van der Waals surface area contributed by atoms with Crippen LogP contribution in [0.3, 0.4) is 0 Å². The Morgan fingerprint density at radius 2 is 1.95 bits per heavy atom. The molecule has 1 amide bonds. The van der Waals surface area contributed by atoms with E-state index in [-0.39, 0.29) is 5.91 Å². The maximum absolute atomic E-state index is 12.3. The van der Waals surface area contributed by atoms with E-state index in [0.29, 0.717) is 4.88 Å². The van der Waals surface area contributed by atoms with Gasteiger partial charge in [-0.1, -0.05) is 6.07 Å². The number of halogens is 2. The van der Waals surface area contributed by atoms with Crippen molar-refractivity contribution in [2.45, 2.75) is 12.8 Å². The number of hydrogen-bond acceptors (Lipinski definition) is 3. The van der Waals surface area contributed by atoms with Crippen molar-refractivity contribution in [2.24, 2.45) is 0 Å². The van der Waals surface area contributed by atoms with Gasteiger partial charge in [-0.05, 0) is 69.0 Å². The number of benzene rings is 1. The standard InChI is InChI=1S/C15H14Br2N2OS/c16-12-9-13(21-14(12)17)15(20)18-10-4-3-5-11(8-10)19-6-1-2-7-19/h3-5,8-9H,1-2,6-7H2,(H,18,20). The second kappa shape index (κ2) is 6.50. The van der Waals surface area contributed by atoms with Crippen LogP contribution in [-0.4, -0.2) is 19.0 Å². The van der Waals surface area contributed by atoms with E-state index in [1.54, 1.807) is 0 Å². The minimum Gasteiger partial charge on any atom is -0.371 e. The van der Waals surface area contributed by atoms with Gasteiger partial charge in [0, 0.05) is 28.9 Å². The van der Waals surface area contributed by atoms with Crippen LogP contribution in [0.5, 0.6) is 0 Å². The van der Waals surface area contributed by atoms with Crippen molar-refractivity contribution in [1.29, 1.82) is 0 Å². The molecule has 6 heteroatoms. The molecule has 0 spiro atoms. The average Bonchev–Trinajstić information content (AvgIpc) is 3.10. The monoisotopic (exact) mass is 428 g/mol. The van der Waals surface area contributed by atoms with Crippen LogP contribution in [-0.2, 0) is 0 Å². The van der Waals surface area contributed by atoms with Crippen molar-refractivity contribution in [3.8, 4) is 0 Å². The smallest absolute Gasteiger partial charge is 0.265 e. The van der Waals surface area contributed by atoms with Crippen molar-refractivity contribution in [2.75, 3.05) is 23.3 Å². The number of carbonyl (C=O) groups is 1. The number of nitrogens with zero attached hydrogens (tertiary/aromatic N) is 1. The van der Waals surface area contributed by atoms with Crippen LogP contribution >= 0.6 is 43.2 Å². The van der Waals surface area contributed by atoms with Crippen LogP contribution in [0, 0.1) is 0 Å². The average molecular weight is 430 g/mol. The zero-order valence-corrected chi connectivity index (χ0v) is 15.2. The summed E-state index contributed by atoms with van der Waals surface area (Å²) in [6.45, 7) is 2.20. The Balaban J connectivity index is 1.75. The van der Waals surface area contributed by atoms with E-state index in [0.717, 1.165) is 27.0 Å². The fourth-order valence-electron chi connectivity index (χ4n) is 2.41. The van der Waals surface area contributed by atoms with Gasteiger partial charge in [-0.25, -0.2) is 0 Å². The first kappa shape index (κ1) is 15.1. The molecule has 1 saturated heterocycles. The first-order valence-electron chi connectivity index (χ1n) is 6.75. The fourth-order valence-corrected chi connectivity index (χ4v) is 4.34. The summed E-state index contributed by atoms with van der Waals surface area (Å²) in [6.07, 6.45) is 2.49. The van der Waals surface area contributed by atoms with Gasteiger partial charge < -0.3 is 10.2 Å². The van der Waals surface area contributed by atoms with Gasteiger partial charge in [0.1, 0.15) is 0 Å². The van der Waals surface area contributed by atoms with Crippen molar-refractivity contribution >= 4 is 60.5 Å². The summed E-state index contributed by atoms with van der Waals surface area (Å²) in [7, 11) is 0.